The van der Waals surface area contributed by atoms with Crippen LogP contribution in [0.1, 0.15) is 79.3 Å². The summed E-state index contributed by atoms with van der Waals surface area (Å²) >= 11 is 0. The van der Waals surface area contributed by atoms with E-state index < -0.39 is 0 Å². The Kier molecular flexibility index (Phi) is 3.89. The number of nitrogens with zero attached hydrogens (tertiary/aromatic N) is 4. The number of aromatic amines is 1. The number of hydrogen-bond acceptors (Lipinski definition) is 5. The number of nitrogens with one attached hydrogen (secondary N) is 1. The van der Waals surface area contributed by atoms with Crippen LogP contribution in [-0.2, 0) is 0 Å². The first kappa shape index (κ1) is 16.3. The van der Waals surface area contributed by atoms with Gasteiger partial charge in [-0.1, -0.05) is 31.8 Å². The molecule has 1 spiro atoms. The van der Waals surface area contributed by atoms with Crippen LogP contribution in [0.3, 0.4) is 0 Å². The minimum absolute atomic E-state index is 0.0470. The van der Waals surface area contributed by atoms with E-state index in [0.717, 1.165) is 31.0 Å². The van der Waals surface area contributed by atoms with Gasteiger partial charge in [0.15, 0.2) is 11.5 Å². The number of aryl methyl sites for hydroxylation is 1. The van der Waals surface area contributed by atoms with E-state index in [1.807, 2.05) is 4.90 Å². The second-order valence-corrected chi connectivity index (χ2v) is 7.86. The van der Waals surface area contributed by atoms with Crippen LogP contribution in [0.25, 0.3) is 0 Å². The largest absolute Gasteiger partial charge is 0.361 e. The molecule has 1 N–H and O–H groups in total. The first-order valence-corrected chi connectivity index (χ1v) is 9.13. The number of likely N-dealkylation sites (tertiary alicyclic amines) is 1. The second kappa shape index (κ2) is 5.97. The number of rotatable bonds is 3. The summed E-state index contributed by atoms with van der Waals surface area (Å²) in [5, 5.41) is 11.4. The molecule has 1 atom stereocenters. The van der Waals surface area contributed by atoms with Crippen LogP contribution in [0.2, 0.25) is 0 Å². The van der Waals surface area contributed by atoms with Gasteiger partial charge >= 0.3 is 0 Å². The molecule has 25 heavy (non-hydrogen) atoms. The maximum atomic E-state index is 12.8. The molecule has 2 aromatic heterocycles. The molecule has 7 nitrogen and oxygen atoms in total. The van der Waals surface area contributed by atoms with E-state index >= 15 is 0 Å². The zero-order valence-electron chi connectivity index (χ0n) is 15.1. The van der Waals surface area contributed by atoms with Crippen LogP contribution in [0.5, 0.6) is 0 Å². The molecular formula is C18H25N5O2. The Balaban J connectivity index is 1.62. The van der Waals surface area contributed by atoms with E-state index in [9.17, 15) is 4.79 Å². The number of amides is 1. The van der Waals surface area contributed by atoms with Gasteiger partial charge in [-0.3, -0.25) is 9.89 Å². The van der Waals surface area contributed by atoms with Crippen molar-refractivity contribution in [3.8, 4) is 0 Å². The van der Waals surface area contributed by atoms with Gasteiger partial charge in [-0.05, 0) is 25.2 Å². The molecule has 2 aliphatic rings. The van der Waals surface area contributed by atoms with Crippen molar-refractivity contribution in [2.45, 2.75) is 58.3 Å². The molecular weight excluding hydrogens is 318 g/mol. The fraction of sp³-hybridized carbons (Fsp3) is 0.667. The van der Waals surface area contributed by atoms with Gasteiger partial charge in [0.25, 0.3) is 5.91 Å². The molecule has 1 amide bonds. The highest BCUT2D eigenvalue weighted by Crippen LogP contribution is 2.52. The molecule has 1 aliphatic carbocycles. The van der Waals surface area contributed by atoms with Gasteiger partial charge in [-0.2, -0.15) is 5.10 Å². The molecule has 2 fully saturated rings. The number of aromatic nitrogens is 4. The Hall–Kier alpha value is -2.18. The average Bonchev–Trinajstić information content (AvgIpc) is 3.34. The Morgan fingerprint density at radius 1 is 1.40 bits per heavy atom. The normalized spacial score (nSPS) is 22.4. The fourth-order valence-electron chi connectivity index (χ4n) is 4.42. The van der Waals surface area contributed by atoms with Gasteiger partial charge in [-0.25, -0.2) is 4.98 Å². The number of hydrogen-bond donors (Lipinski definition) is 1. The van der Waals surface area contributed by atoms with Crippen molar-refractivity contribution in [3.63, 3.8) is 0 Å². The van der Waals surface area contributed by atoms with Gasteiger partial charge < -0.3 is 9.42 Å². The monoisotopic (exact) mass is 343 g/mol. The van der Waals surface area contributed by atoms with Gasteiger partial charge in [0.05, 0.1) is 0 Å². The lowest BCUT2D eigenvalue weighted by Gasteiger charge is -2.28. The molecule has 0 bridgehead atoms. The van der Waals surface area contributed by atoms with Crippen molar-refractivity contribution in [2.75, 3.05) is 13.1 Å². The van der Waals surface area contributed by atoms with Crippen molar-refractivity contribution in [1.29, 1.82) is 0 Å². The predicted octanol–water partition coefficient (Wildman–Crippen LogP) is 3.02. The van der Waals surface area contributed by atoms with Gasteiger partial charge in [0.1, 0.15) is 11.6 Å². The van der Waals surface area contributed by atoms with Crippen LogP contribution in [0.4, 0.5) is 0 Å². The summed E-state index contributed by atoms with van der Waals surface area (Å²) in [5.74, 6) is 2.90. The minimum atomic E-state index is -0.0470. The minimum Gasteiger partial charge on any atom is -0.361 e. The maximum absolute atomic E-state index is 12.8. The van der Waals surface area contributed by atoms with Crippen LogP contribution in [-0.4, -0.2) is 44.2 Å². The van der Waals surface area contributed by atoms with Gasteiger partial charge in [0, 0.05) is 31.0 Å². The lowest BCUT2D eigenvalue weighted by Crippen LogP contribution is -2.31. The molecule has 2 aromatic rings. The highest BCUT2D eigenvalue weighted by Gasteiger charge is 2.51. The van der Waals surface area contributed by atoms with Crippen LogP contribution in [0, 0.1) is 12.3 Å². The third kappa shape index (κ3) is 2.75. The highest BCUT2D eigenvalue weighted by molar-refractivity contribution is 5.92. The van der Waals surface area contributed by atoms with Crippen molar-refractivity contribution in [2.24, 2.45) is 5.41 Å². The lowest BCUT2D eigenvalue weighted by atomic mass is 9.76. The fourth-order valence-corrected chi connectivity index (χ4v) is 4.42. The summed E-state index contributed by atoms with van der Waals surface area (Å²) in [4.78, 5) is 19.5. The lowest BCUT2D eigenvalue weighted by molar-refractivity contribution is 0.0763. The summed E-state index contributed by atoms with van der Waals surface area (Å²) in [7, 11) is 0. The number of H-pyrrole nitrogens is 1. The van der Waals surface area contributed by atoms with E-state index in [-0.39, 0.29) is 17.2 Å². The average molecular weight is 343 g/mol. The standard InChI is InChI=1S/C18H25N5O2/c1-11(2)15-19-16(21-20-15)13-9-23(10-18(13)6-4-5-7-18)17(24)14-8-12(3)25-22-14/h8,11,13H,4-7,9-10H2,1-3H3,(H,19,20,21). The van der Waals surface area contributed by atoms with Crippen LogP contribution >= 0.6 is 0 Å². The summed E-state index contributed by atoms with van der Waals surface area (Å²) in [6.45, 7) is 7.42. The summed E-state index contributed by atoms with van der Waals surface area (Å²) < 4.78 is 5.08. The van der Waals surface area contributed by atoms with E-state index in [2.05, 4.69) is 29.2 Å². The molecule has 3 heterocycles. The van der Waals surface area contributed by atoms with Crippen molar-refractivity contribution in [1.82, 2.24) is 25.2 Å². The first-order chi connectivity index (χ1) is 12.0. The number of carbonyl (C=O) groups is 1. The highest BCUT2D eigenvalue weighted by atomic mass is 16.5. The third-order valence-electron chi connectivity index (χ3n) is 5.75. The molecule has 7 heteroatoms. The van der Waals surface area contributed by atoms with Crippen LogP contribution < -0.4 is 0 Å². The Bertz CT molecular complexity index is 772. The quantitative estimate of drug-likeness (QED) is 0.925. The SMILES string of the molecule is Cc1cc(C(=O)N2CC(c3nc(C(C)C)n[nH]3)C3(CCCC3)C2)no1. The zero-order chi connectivity index (χ0) is 17.6. The number of carbonyl (C=O) groups excluding carboxylic acids is 1. The zero-order valence-corrected chi connectivity index (χ0v) is 15.1. The molecule has 1 aliphatic heterocycles. The predicted molar refractivity (Wildman–Crippen MR) is 91.3 cm³/mol. The topological polar surface area (TPSA) is 87.9 Å². The maximum Gasteiger partial charge on any atom is 0.276 e. The van der Waals surface area contributed by atoms with E-state index in [4.69, 9.17) is 9.51 Å². The van der Waals surface area contributed by atoms with Crippen molar-refractivity contribution in [3.05, 3.63) is 29.2 Å². The Morgan fingerprint density at radius 3 is 2.76 bits per heavy atom. The molecule has 1 saturated heterocycles. The first-order valence-electron chi connectivity index (χ1n) is 9.13. The summed E-state index contributed by atoms with van der Waals surface area (Å²) in [6, 6.07) is 1.71. The molecule has 4 rings (SSSR count). The summed E-state index contributed by atoms with van der Waals surface area (Å²) in [6.07, 6.45) is 4.70. The molecule has 134 valence electrons. The second-order valence-electron chi connectivity index (χ2n) is 7.86. The van der Waals surface area contributed by atoms with Gasteiger partial charge in [0.2, 0.25) is 0 Å². The Labute approximate surface area is 147 Å². The van der Waals surface area contributed by atoms with Crippen molar-refractivity contribution >= 4 is 5.91 Å². The smallest absolute Gasteiger partial charge is 0.276 e. The molecule has 0 radical (unpaired) electrons. The van der Waals surface area contributed by atoms with E-state index in [1.165, 1.54) is 12.8 Å². The van der Waals surface area contributed by atoms with E-state index in [1.54, 1.807) is 13.0 Å². The van der Waals surface area contributed by atoms with Crippen molar-refractivity contribution < 1.29 is 9.32 Å². The third-order valence-corrected chi connectivity index (χ3v) is 5.75. The molecule has 0 aromatic carbocycles. The summed E-state index contributed by atoms with van der Waals surface area (Å²) in [5.41, 5.74) is 0.508. The van der Waals surface area contributed by atoms with Gasteiger partial charge in [-0.15, -0.1) is 0 Å². The van der Waals surface area contributed by atoms with Crippen LogP contribution in [0.15, 0.2) is 10.6 Å². The molecule has 1 saturated carbocycles. The van der Waals surface area contributed by atoms with E-state index in [0.29, 0.717) is 23.9 Å². The molecule has 1 unspecified atom stereocenters. The Morgan fingerprint density at radius 2 is 2.16 bits per heavy atom.